The molecule has 10 heteroatoms. The van der Waals surface area contributed by atoms with E-state index in [1.807, 2.05) is 12.1 Å². The van der Waals surface area contributed by atoms with Crippen LogP contribution in [0.1, 0.15) is 6.92 Å². The van der Waals surface area contributed by atoms with Gasteiger partial charge in [0.1, 0.15) is 0 Å². The minimum atomic E-state index is -3.60. The molecule has 0 unspecified atom stereocenters. The van der Waals surface area contributed by atoms with Crippen molar-refractivity contribution < 1.29 is 17.9 Å². The van der Waals surface area contributed by atoms with Crippen LogP contribution in [0.5, 0.6) is 0 Å². The van der Waals surface area contributed by atoms with Crippen molar-refractivity contribution in [2.45, 2.75) is 11.8 Å². The van der Waals surface area contributed by atoms with Gasteiger partial charge in [-0.15, -0.1) is 0 Å². The first kappa shape index (κ1) is 21.9. The van der Waals surface area contributed by atoms with E-state index in [9.17, 15) is 13.2 Å². The zero-order valence-electron chi connectivity index (χ0n) is 17.5. The van der Waals surface area contributed by atoms with Gasteiger partial charge in [0, 0.05) is 43.1 Å². The van der Waals surface area contributed by atoms with E-state index in [2.05, 4.69) is 20.6 Å². The normalized spacial score (nSPS) is 14.7. The topological polar surface area (TPSA) is 114 Å². The van der Waals surface area contributed by atoms with Crippen LogP contribution in [0.3, 0.4) is 0 Å². The molecule has 1 amide bonds. The summed E-state index contributed by atoms with van der Waals surface area (Å²) in [7, 11) is -3.60. The molecule has 166 valence electrons. The van der Waals surface area contributed by atoms with E-state index in [-0.39, 0.29) is 10.8 Å². The molecule has 2 N–H and O–H groups in total. The molecule has 32 heavy (non-hydrogen) atoms. The van der Waals surface area contributed by atoms with Crippen molar-refractivity contribution in [1.82, 2.24) is 14.3 Å². The Kier molecular flexibility index (Phi) is 6.45. The molecule has 0 radical (unpaired) electrons. The summed E-state index contributed by atoms with van der Waals surface area (Å²) in [6.07, 6.45) is 1.63. The largest absolute Gasteiger partial charge is 0.379 e. The number of ether oxygens (including phenoxy) is 1. The molecule has 1 saturated heterocycles. The quantitative estimate of drug-likeness (QED) is 0.590. The third-order valence-corrected chi connectivity index (χ3v) is 6.75. The Labute approximate surface area is 186 Å². The number of sulfonamides is 1. The van der Waals surface area contributed by atoms with Gasteiger partial charge in [-0.3, -0.25) is 4.79 Å². The molecule has 1 aromatic heterocycles. The number of aromatic nitrogens is 2. The summed E-state index contributed by atoms with van der Waals surface area (Å²) >= 11 is 0. The molecule has 2 aromatic carbocycles. The summed E-state index contributed by atoms with van der Waals surface area (Å²) in [5.74, 6) is 0.207. The standard InChI is InChI=1S/C22H23N5O4S/c1-16(28)24-18-7-5-17(6-8-18)21-9-10-23-22(26-21)25-19-3-2-4-20(15-19)32(29,30)27-11-13-31-14-12-27/h2-10,15H,11-14H2,1H3,(H,24,28)(H,23,25,26). The van der Waals surface area contributed by atoms with Crippen molar-refractivity contribution in [2.24, 2.45) is 0 Å². The van der Waals surface area contributed by atoms with Crippen LogP contribution in [-0.4, -0.2) is 54.9 Å². The van der Waals surface area contributed by atoms with Gasteiger partial charge in [0.05, 0.1) is 23.8 Å². The lowest BCUT2D eigenvalue weighted by Crippen LogP contribution is -2.40. The lowest BCUT2D eigenvalue weighted by molar-refractivity contribution is -0.114. The van der Waals surface area contributed by atoms with Crippen molar-refractivity contribution in [3.05, 3.63) is 60.8 Å². The van der Waals surface area contributed by atoms with Crippen molar-refractivity contribution in [3.8, 4) is 11.3 Å². The van der Waals surface area contributed by atoms with Crippen molar-refractivity contribution >= 4 is 33.3 Å². The fourth-order valence-electron chi connectivity index (χ4n) is 3.31. The Balaban J connectivity index is 1.53. The van der Waals surface area contributed by atoms with Gasteiger partial charge >= 0.3 is 0 Å². The highest BCUT2D eigenvalue weighted by Crippen LogP contribution is 2.24. The summed E-state index contributed by atoms with van der Waals surface area (Å²) in [6.45, 7) is 2.92. The summed E-state index contributed by atoms with van der Waals surface area (Å²) in [4.78, 5) is 20.1. The molecule has 0 spiro atoms. The number of carbonyl (C=O) groups excluding carboxylic acids is 1. The van der Waals surface area contributed by atoms with E-state index >= 15 is 0 Å². The first-order chi connectivity index (χ1) is 15.4. The van der Waals surface area contributed by atoms with Crippen LogP contribution in [0.15, 0.2) is 65.7 Å². The van der Waals surface area contributed by atoms with Gasteiger partial charge in [-0.1, -0.05) is 18.2 Å². The van der Waals surface area contributed by atoms with Crippen LogP contribution < -0.4 is 10.6 Å². The molecule has 0 aliphatic carbocycles. The molecule has 9 nitrogen and oxygen atoms in total. The van der Waals surface area contributed by atoms with Crippen molar-refractivity contribution in [2.75, 3.05) is 36.9 Å². The fraction of sp³-hybridized carbons (Fsp3) is 0.227. The van der Waals surface area contributed by atoms with E-state index in [1.165, 1.54) is 11.2 Å². The molecule has 4 rings (SSSR count). The number of hydrogen-bond acceptors (Lipinski definition) is 7. The molecular weight excluding hydrogens is 430 g/mol. The Morgan fingerprint density at radius 3 is 2.50 bits per heavy atom. The Bertz CT molecular complexity index is 1210. The van der Waals surface area contributed by atoms with Crippen molar-refractivity contribution in [3.63, 3.8) is 0 Å². The lowest BCUT2D eigenvalue weighted by Gasteiger charge is -2.26. The smallest absolute Gasteiger partial charge is 0.243 e. The van der Waals surface area contributed by atoms with Gasteiger partial charge in [-0.25, -0.2) is 18.4 Å². The number of rotatable bonds is 6. The van der Waals surface area contributed by atoms with E-state index in [4.69, 9.17) is 4.74 Å². The number of nitrogens with zero attached hydrogens (tertiary/aromatic N) is 3. The number of amides is 1. The van der Waals surface area contributed by atoms with Crippen molar-refractivity contribution in [1.29, 1.82) is 0 Å². The highest BCUT2D eigenvalue weighted by Gasteiger charge is 2.26. The van der Waals surface area contributed by atoms with Crippen LogP contribution >= 0.6 is 0 Å². The number of morpholine rings is 1. The molecule has 1 aliphatic heterocycles. The van der Waals surface area contributed by atoms with Gasteiger partial charge in [-0.05, 0) is 36.4 Å². The Morgan fingerprint density at radius 1 is 1.03 bits per heavy atom. The molecule has 1 aliphatic rings. The molecule has 2 heterocycles. The van der Waals surface area contributed by atoms with E-state index < -0.39 is 10.0 Å². The number of carbonyl (C=O) groups is 1. The molecule has 0 atom stereocenters. The fourth-order valence-corrected chi connectivity index (χ4v) is 4.76. The summed E-state index contributed by atoms with van der Waals surface area (Å²) in [5.41, 5.74) is 2.81. The van der Waals surface area contributed by atoms with Crippen LogP contribution in [0.2, 0.25) is 0 Å². The van der Waals surface area contributed by atoms with Gasteiger partial charge in [0.25, 0.3) is 0 Å². The second-order valence-electron chi connectivity index (χ2n) is 7.19. The average molecular weight is 454 g/mol. The van der Waals surface area contributed by atoms with Crippen LogP contribution in [-0.2, 0) is 19.6 Å². The summed E-state index contributed by atoms with van der Waals surface area (Å²) < 4.78 is 32.5. The zero-order valence-corrected chi connectivity index (χ0v) is 18.3. The predicted molar refractivity (Wildman–Crippen MR) is 121 cm³/mol. The zero-order chi connectivity index (χ0) is 22.6. The second kappa shape index (κ2) is 9.43. The van der Waals surface area contributed by atoms with Crippen LogP contribution in [0, 0.1) is 0 Å². The molecule has 0 bridgehead atoms. The lowest BCUT2D eigenvalue weighted by atomic mass is 10.1. The number of benzene rings is 2. The Hall–Kier alpha value is -3.34. The van der Waals surface area contributed by atoms with Gasteiger partial charge in [0.2, 0.25) is 21.9 Å². The third-order valence-electron chi connectivity index (χ3n) is 4.85. The maximum atomic E-state index is 12.9. The van der Waals surface area contributed by atoms with Crippen LogP contribution in [0.25, 0.3) is 11.3 Å². The number of anilines is 3. The monoisotopic (exact) mass is 453 g/mol. The summed E-state index contributed by atoms with van der Waals surface area (Å²) in [6, 6.07) is 15.7. The second-order valence-corrected chi connectivity index (χ2v) is 9.13. The van der Waals surface area contributed by atoms with Gasteiger partial charge in [0.15, 0.2) is 0 Å². The number of nitrogens with one attached hydrogen (secondary N) is 2. The molecular formula is C22H23N5O4S. The summed E-state index contributed by atoms with van der Waals surface area (Å²) in [5, 5.41) is 5.81. The Morgan fingerprint density at radius 2 is 1.78 bits per heavy atom. The molecule has 0 saturated carbocycles. The highest BCUT2D eigenvalue weighted by molar-refractivity contribution is 7.89. The van der Waals surface area contributed by atoms with Crippen LogP contribution in [0.4, 0.5) is 17.3 Å². The average Bonchev–Trinajstić information content (AvgIpc) is 2.80. The number of hydrogen-bond donors (Lipinski definition) is 2. The maximum Gasteiger partial charge on any atom is 0.243 e. The molecule has 1 fully saturated rings. The van der Waals surface area contributed by atoms with Gasteiger partial charge < -0.3 is 15.4 Å². The molecule has 3 aromatic rings. The van der Waals surface area contributed by atoms with E-state index in [0.717, 1.165) is 5.56 Å². The third kappa shape index (κ3) is 5.10. The minimum Gasteiger partial charge on any atom is -0.379 e. The maximum absolute atomic E-state index is 12.9. The SMILES string of the molecule is CC(=O)Nc1ccc(-c2ccnc(Nc3cccc(S(=O)(=O)N4CCOCC4)c3)n2)cc1. The van der Waals surface area contributed by atoms with E-state index in [1.54, 1.807) is 48.7 Å². The first-order valence-electron chi connectivity index (χ1n) is 10.1. The van der Waals surface area contributed by atoms with E-state index in [0.29, 0.717) is 49.3 Å². The highest BCUT2D eigenvalue weighted by atomic mass is 32.2. The van der Waals surface area contributed by atoms with Gasteiger partial charge in [-0.2, -0.15) is 4.31 Å². The predicted octanol–water partition coefficient (Wildman–Crippen LogP) is 2.87. The first-order valence-corrected chi connectivity index (χ1v) is 11.5. The minimum absolute atomic E-state index is 0.135.